The van der Waals surface area contributed by atoms with E-state index in [1.807, 2.05) is 0 Å². The molecule has 0 aliphatic carbocycles. The van der Waals surface area contributed by atoms with Crippen molar-refractivity contribution >= 4 is 21.8 Å². The minimum Gasteiger partial charge on any atom is -0.497 e. The molecule has 0 unspecified atom stereocenters. The highest BCUT2D eigenvalue weighted by atomic mass is 79.9. The van der Waals surface area contributed by atoms with Crippen LogP contribution in [0.5, 0.6) is 5.75 Å². The molecule has 1 aliphatic heterocycles. The Hall–Kier alpha value is -1.62. The first-order valence-corrected chi connectivity index (χ1v) is 8.75. The maximum Gasteiger partial charge on any atom is 0.255 e. The van der Waals surface area contributed by atoms with Crippen molar-refractivity contribution in [3.63, 3.8) is 0 Å². The maximum absolute atomic E-state index is 12.9. The van der Waals surface area contributed by atoms with Crippen LogP contribution < -0.4 is 4.74 Å². The Morgan fingerprint density at radius 1 is 1.42 bits per heavy atom. The smallest absolute Gasteiger partial charge is 0.255 e. The summed E-state index contributed by atoms with van der Waals surface area (Å²) in [5.74, 6) is 0.541. The lowest BCUT2D eigenvalue weighted by Gasteiger charge is -2.30. The average Bonchev–Trinajstić information content (AvgIpc) is 2.62. The SMILES string of the molecule is COc1ccc(Br)c(C(=O)N(CCC#N)CCN2CCOCC2)c1. The fraction of sp³-hybridized carbons (Fsp3) is 0.529. The first-order chi connectivity index (χ1) is 11.7. The van der Waals surface area contributed by atoms with E-state index in [0.29, 0.717) is 30.8 Å². The number of nitriles is 1. The van der Waals surface area contributed by atoms with Crippen molar-refractivity contribution in [1.82, 2.24) is 9.80 Å². The summed E-state index contributed by atoms with van der Waals surface area (Å²) in [7, 11) is 1.57. The van der Waals surface area contributed by atoms with Gasteiger partial charge in [-0.15, -0.1) is 0 Å². The molecule has 6 nitrogen and oxygen atoms in total. The van der Waals surface area contributed by atoms with Gasteiger partial charge in [0.15, 0.2) is 0 Å². The van der Waals surface area contributed by atoms with Crippen molar-refractivity contribution in [1.29, 1.82) is 5.26 Å². The minimum atomic E-state index is -0.0933. The molecule has 1 saturated heterocycles. The lowest BCUT2D eigenvalue weighted by atomic mass is 10.1. The number of halogens is 1. The predicted octanol–water partition coefficient (Wildman–Crippen LogP) is 2.15. The van der Waals surface area contributed by atoms with E-state index in [1.165, 1.54) is 0 Å². The molecule has 24 heavy (non-hydrogen) atoms. The van der Waals surface area contributed by atoms with Gasteiger partial charge in [0.05, 0.1) is 38.4 Å². The van der Waals surface area contributed by atoms with E-state index >= 15 is 0 Å². The van der Waals surface area contributed by atoms with E-state index in [-0.39, 0.29) is 5.91 Å². The van der Waals surface area contributed by atoms with Gasteiger partial charge in [0.2, 0.25) is 0 Å². The number of amides is 1. The second-order valence-corrected chi connectivity index (χ2v) is 6.35. The van der Waals surface area contributed by atoms with Crippen molar-refractivity contribution in [2.45, 2.75) is 6.42 Å². The molecule has 0 saturated carbocycles. The third kappa shape index (κ3) is 5.20. The van der Waals surface area contributed by atoms with E-state index in [9.17, 15) is 4.79 Å². The minimum absolute atomic E-state index is 0.0933. The lowest BCUT2D eigenvalue weighted by Crippen LogP contribution is -2.43. The fourth-order valence-electron chi connectivity index (χ4n) is 2.55. The summed E-state index contributed by atoms with van der Waals surface area (Å²) in [4.78, 5) is 16.9. The monoisotopic (exact) mass is 395 g/mol. The predicted molar refractivity (Wildman–Crippen MR) is 94.1 cm³/mol. The highest BCUT2D eigenvalue weighted by Gasteiger charge is 2.20. The summed E-state index contributed by atoms with van der Waals surface area (Å²) in [6.07, 6.45) is 0.316. The summed E-state index contributed by atoms with van der Waals surface area (Å²) in [5, 5.41) is 8.88. The summed E-state index contributed by atoms with van der Waals surface area (Å²) in [6.45, 7) is 5.00. The topological polar surface area (TPSA) is 65.8 Å². The average molecular weight is 396 g/mol. The van der Waals surface area contributed by atoms with E-state index < -0.39 is 0 Å². The van der Waals surface area contributed by atoms with Crippen molar-refractivity contribution in [3.8, 4) is 11.8 Å². The summed E-state index contributed by atoms with van der Waals surface area (Å²) < 4.78 is 11.3. The van der Waals surface area contributed by atoms with Crippen molar-refractivity contribution < 1.29 is 14.3 Å². The molecule has 0 N–H and O–H groups in total. The molecule has 0 bridgehead atoms. The Bertz CT molecular complexity index is 597. The van der Waals surface area contributed by atoms with Crippen LogP contribution in [0.4, 0.5) is 0 Å². The normalized spacial score (nSPS) is 14.9. The van der Waals surface area contributed by atoms with Crippen molar-refractivity contribution in [2.75, 3.05) is 53.0 Å². The van der Waals surface area contributed by atoms with Crippen LogP contribution in [-0.4, -0.2) is 68.8 Å². The van der Waals surface area contributed by atoms with Gasteiger partial charge in [-0.1, -0.05) is 0 Å². The van der Waals surface area contributed by atoms with Crippen LogP contribution >= 0.6 is 15.9 Å². The van der Waals surface area contributed by atoms with Gasteiger partial charge in [-0.05, 0) is 34.1 Å². The molecule has 0 spiro atoms. The standard InChI is InChI=1S/C17H22BrN3O3/c1-23-14-3-4-16(18)15(13-14)17(22)21(6-2-5-19)8-7-20-9-11-24-12-10-20/h3-4,13H,2,6-12H2,1H3. The van der Waals surface area contributed by atoms with Crippen LogP contribution in [0.15, 0.2) is 22.7 Å². The summed E-state index contributed by atoms with van der Waals surface area (Å²) >= 11 is 3.43. The molecule has 2 rings (SSSR count). The Balaban J connectivity index is 2.07. The van der Waals surface area contributed by atoms with E-state index in [4.69, 9.17) is 14.7 Å². The number of nitrogens with zero attached hydrogens (tertiary/aromatic N) is 3. The Labute approximate surface area is 151 Å². The molecule has 1 fully saturated rings. The van der Waals surface area contributed by atoms with Gasteiger partial charge in [-0.25, -0.2) is 0 Å². The number of hydrogen-bond acceptors (Lipinski definition) is 5. The number of carbonyl (C=O) groups is 1. The quantitative estimate of drug-likeness (QED) is 0.707. The van der Waals surface area contributed by atoms with Crippen LogP contribution in [-0.2, 0) is 4.74 Å². The maximum atomic E-state index is 12.9. The number of morpholine rings is 1. The van der Waals surface area contributed by atoms with Crippen molar-refractivity contribution in [2.24, 2.45) is 0 Å². The zero-order chi connectivity index (χ0) is 17.4. The number of ether oxygens (including phenoxy) is 2. The van der Waals surface area contributed by atoms with Gasteiger partial charge in [-0.2, -0.15) is 5.26 Å². The molecule has 0 radical (unpaired) electrons. The van der Waals surface area contributed by atoms with E-state index in [1.54, 1.807) is 30.2 Å². The summed E-state index contributed by atoms with van der Waals surface area (Å²) in [6, 6.07) is 7.44. The molecule has 7 heteroatoms. The van der Waals surface area contributed by atoms with E-state index in [0.717, 1.165) is 37.3 Å². The molecular formula is C17H22BrN3O3. The van der Waals surface area contributed by atoms with Crippen LogP contribution in [0, 0.1) is 11.3 Å². The van der Waals surface area contributed by atoms with E-state index in [2.05, 4.69) is 26.9 Å². The number of benzene rings is 1. The Morgan fingerprint density at radius 2 is 2.17 bits per heavy atom. The lowest BCUT2D eigenvalue weighted by molar-refractivity contribution is 0.0326. The molecular weight excluding hydrogens is 374 g/mol. The molecule has 130 valence electrons. The molecule has 0 aromatic heterocycles. The fourth-order valence-corrected chi connectivity index (χ4v) is 2.97. The number of hydrogen-bond donors (Lipinski definition) is 0. The molecule has 1 amide bonds. The Morgan fingerprint density at radius 3 is 2.83 bits per heavy atom. The molecule has 1 aromatic rings. The third-order valence-corrected chi connectivity index (χ3v) is 4.67. The summed E-state index contributed by atoms with van der Waals surface area (Å²) in [5.41, 5.74) is 0.550. The van der Waals surface area contributed by atoms with Gasteiger partial charge in [0.25, 0.3) is 5.91 Å². The van der Waals surface area contributed by atoms with Crippen molar-refractivity contribution in [3.05, 3.63) is 28.2 Å². The van der Waals surface area contributed by atoms with Crippen LogP contribution in [0.2, 0.25) is 0 Å². The second kappa shape index (κ2) is 9.62. The molecule has 1 aromatic carbocycles. The van der Waals surface area contributed by atoms with Crippen LogP contribution in [0.25, 0.3) is 0 Å². The second-order valence-electron chi connectivity index (χ2n) is 5.50. The zero-order valence-corrected chi connectivity index (χ0v) is 15.4. The van der Waals surface area contributed by atoms with Crippen LogP contribution in [0.3, 0.4) is 0 Å². The molecule has 1 heterocycles. The number of rotatable bonds is 7. The third-order valence-electron chi connectivity index (χ3n) is 3.97. The van der Waals surface area contributed by atoms with Gasteiger partial charge in [0, 0.05) is 37.2 Å². The number of methoxy groups -OCH3 is 1. The highest BCUT2D eigenvalue weighted by Crippen LogP contribution is 2.24. The van der Waals surface area contributed by atoms with Gasteiger partial charge in [0.1, 0.15) is 5.75 Å². The Kier molecular flexibility index (Phi) is 7.50. The van der Waals surface area contributed by atoms with Crippen LogP contribution in [0.1, 0.15) is 16.8 Å². The molecule has 0 atom stereocenters. The zero-order valence-electron chi connectivity index (χ0n) is 13.8. The number of carbonyl (C=O) groups excluding carboxylic acids is 1. The van der Waals surface area contributed by atoms with Gasteiger partial charge in [-0.3, -0.25) is 9.69 Å². The van der Waals surface area contributed by atoms with Gasteiger partial charge >= 0.3 is 0 Å². The molecule has 1 aliphatic rings. The van der Waals surface area contributed by atoms with Gasteiger partial charge < -0.3 is 14.4 Å². The highest BCUT2D eigenvalue weighted by molar-refractivity contribution is 9.10. The largest absolute Gasteiger partial charge is 0.497 e. The first kappa shape index (κ1) is 18.7. The first-order valence-electron chi connectivity index (χ1n) is 7.95.